The molecular weight excluding hydrogens is 447 g/mol. The SMILES string of the molecule is CC1CN(c2ncnc(N(C)c3cc(C#N)ccn3)c2C2CC(C#N)C2)CCN1C(=O)C1(F)CC1. The van der Waals surface area contributed by atoms with Gasteiger partial charge in [-0.05, 0) is 50.7 Å². The van der Waals surface area contributed by atoms with Gasteiger partial charge >= 0.3 is 0 Å². The van der Waals surface area contributed by atoms with Gasteiger partial charge in [0.05, 0.1) is 17.7 Å². The van der Waals surface area contributed by atoms with E-state index < -0.39 is 11.6 Å². The largest absolute Gasteiger partial charge is 0.352 e. The van der Waals surface area contributed by atoms with Crippen LogP contribution in [0.3, 0.4) is 0 Å². The van der Waals surface area contributed by atoms with E-state index in [4.69, 9.17) is 0 Å². The second kappa shape index (κ2) is 8.77. The number of aromatic nitrogens is 3. The number of halogens is 1. The van der Waals surface area contributed by atoms with Crippen molar-refractivity contribution in [1.82, 2.24) is 19.9 Å². The lowest BCUT2D eigenvalue weighted by Crippen LogP contribution is -2.56. The Balaban J connectivity index is 1.47. The van der Waals surface area contributed by atoms with E-state index in [0.717, 1.165) is 24.2 Å². The number of rotatable bonds is 5. The Morgan fingerprint density at radius 3 is 2.66 bits per heavy atom. The predicted octanol–water partition coefficient (Wildman–Crippen LogP) is 3.07. The average Bonchev–Trinajstić information content (AvgIpc) is 3.61. The molecule has 0 radical (unpaired) electrons. The molecule has 9 nitrogen and oxygen atoms in total. The summed E-state index contributed by atoms with van der Waals surface area (Å²) in [6.45, 7) is 3.44. The van der Waals surface area contributed by atoms with Gasteiger partial charge in [0.25, 0.3) is 5.91 Å². The number of hydrogen-bond acceptors (Lipinski definition) is 8. The molecule has 0 spiro atoms. The fourth-order valence-electron chi connectivity index (χ4n) is 5.03. The molecule has 35 heavy (non-hydrogen) atoms. The first-order valence-electron chi connectivity index (χ1n) is 11.9. The van der Waals surface area contributed by atoms with Crippen LogP contribution >= 0.6 is 0 Å². The molecule has 1 unspecified atom stereocenters. The van der Waals surface area contributed by atoms with Gasteiger partial charge in [0, 0.05) is 50.4 Å². The molecule has 3 aliphatic rings. The second-order valence-electron chi connectivity index (χ2n) is 9.76. The Kier molecular flexibility index (Phi) is 5.76. The number of anilines is 3. The van der Waals surface area contributed by atoms with Gasteiger partial charge in [-0.25, -0.2) is 19.3 Å². The zero-order chi connectivity index (χ0) is 24.7. The molecule has 3 heterocycles. The molecule has 0 aromatic carbocycles. The summed E-state index contributed by atoms with van der Waals surface area (Å²) in [5.41, 5.74) is -0.223. The van der Waals surface area contributed by atoms with Gasteiger partial charge < -0.3 is 14.7 Å². The van der Waals surface area contributed by atoms with Gasteiger partial charge in [-0.2, -0.15) is 10.5 Å². The summed E-state index contributed by atoms with van der Waals surface area (Å²) in [6.07, 6.45) is 5.18. The number of hydrogen-bond donors (Lipinski definition) is 0. The summed E-state index contributed by atoms with van der Waals surface area (Å²) in [4.78, 5) is 31.9. The molecule has 1 saturated heterocycles. The Labute approximate surface area is 203 Å². The van der Waals surface area contributed by atoms with Crippen molar-refractivity contribution >= 4 is 23.4 Å². The second-order valence-corrected chi connectivity index (χ2v) is 9.76. The molecule has 3 fully saturated rings. The number of pyridine rings is 1. The van der Waals surface area contributed by atoms with Crippen LogP contribution in [0.15, 0.2) is 24.7 Å². The van der Waals surface area contributed by atoms with Crippen LogP contribution in [-0.2, 0) is 4.79 Å². The summed E-state index contributed by atoms with van der Waals surface area (Å²) in [5, 5.41) is 18.7. The topological polar surface area (TPSA) is 113 Å². The minimum atomic E-state index is -1.67. The Bertz CT molecular complexity index is 1230. The van der Waals surface area contributed by atoms with E-state index in [9.17, 15) is 19.7 Å². The summed E-state index contributed by atoms with van der Waals surface area (Å²) in [6, 6.07) is 7.69. The number of carbonyl (C=O) groups is 1. The molecule has 0 N–H and O–H groups in total. The van der Waals surface area contributed by atoms with Gasteiger partial charge in [0.1, 0.15) is 23.8 Å². The molecule has 1 atom stereocenters. The van der Waals surface area contributed by atoms with E-state index in [1.807, 2.05) is 18.9 Å². The van der Waals surface area contributed by atoms with Crippen molar-refractivity contribution in [2.45, 2.75) is 50.2 Å². The van der Waals surface area contributed by atoms with Crippen molar-refractivity contribution in [3.05, 3.63) is 35.8 Å². The number of piperazine rings is 1. The molecule has 2 aromatic rings. The highest BCUT2D eigenvalue weighted by atomic mass is 19.1. The number of nitrogens with zero attached hydrogens (tertiary/aromatic N) is 8. The van der Waals surface area contributed by atoms with E-state index in [1.165, 1.54) is 6.33 Å². The molecule has 180 valence electrons. The van der Waals surface area contributed by atoms with Gasteiger partial charge in [0.2, 0.25) is 0 Å². The Hall–Kier alpha value is -3.79. The normalized spacial score (nSPS) is 24.7. The lowest BCUT2D eigenvalue weighted by Gasteiger charge is -2.43. The number of amides is 1. The quantitative estimate of drug-likeness (QED) is 0.650. The van der Waals surface area contributed by atoms with E-state index in [-0.39, 0.29) is 17.9 Å². The van der Waals surface area contributed by atoms with Crippen LogP contribution in [0.1, 0.15) is 49.7 Å². The lowest BCUT2D eigenvalue weighted by molar-refractivity contribution is -0.140. The lowest BCUT2D eigenvalue weighted by atomic mass is 9.72. The third kappa shape index (κ3) is 4.14. The monoisotopic (exact) mass is 474 g/mol. The molecule has 1 aliphatic heterocycles. The van der Waals surface area contributed by atoms with Crippen molar-refractivity contribution in [1.29, 1.82) is 10.5 Å². The molecule has 2 aliphatic carbocycles. The summed E-state index contributed by atoms with van der Waals surface area (Å²) < 4.78 is 14.4. The maximum atomic E-state index is 14.4. The van der Waals surface area contributed by atoms with Crippen molar-refractivity contribution in [3.63, 3.8) is 0 Å². The third-order valence-electron chi connectivity index (χ3n) is 7.37. The van der Waals surface area contributed by atoms with Crippen molar-refractivity contribution < 1.29 is 9.18 Å². The third-order valence-corrected chi connectivity index (χ3v) is 7.37. The molecule has 2 aromatic heterocycles. The Morgan fingerprint density at radius 2 is 2.00 bits per heavy atom. The van der Waals surface area contributed by atoms with Crippen molar-refractivity contribution in [3.8, 4) is 12.1 Å². The molecular formula is C25H27FN8O. The predicted molar refractivity (Wildman–Crippen MR) is 127 cm³/mol. The van der Waals surface area contributed by atoms with E-state index in [0.29, 0.717) is 49.7 Å². The van der Waals surface area contributed by atoms with Crippen LogP contribution in [0.5, 0.6) is 0 Å². The van der Waals surface area contributed by atoms with Crippen molar-refractivity contribution in [2.24, 2.45) is 5.92 Å². The van der Waals surface area contributed by atoms with Crippen LogP contribution < -0.4 is 9.80 Å². The first kappa shape index (κ1) is 23.0. The van der Waals surface area contributed by atoms with E-state index in [1.54, 1.807) is 23.2 Å². The zero-order valence-electron chi connectivity index (χ0n) is 19.9. The minimum absolute atomic E-state index is 0.000989. The van der Waals surface area contributed by atoms with Gasteiger partial charge in [-0.3, -0.25) is 4.79 Å². The summed E-state index contributed by atoms with van der Waals surface area (Å²) in [5.74, 6) is 1.77. The van der Waals surface area contributed by atoms with Crippen LogP contribution in [0.25, 0.3) is 0 Å². The molecule has 0 bridgehead atoms. The highest BCUT2D eigenvalue weighted by Gasteiger charge is 2.54. The van der Waals surface area contributed by atoms with Crippen molar-refractivity contribution in [2.75, 3.05) is 36.5 Å². The number of nitriles is 2. The number of carbonyl (C=O) groups excluding carboxylic acids is 1. The van der Waals surface area contributed by atoms with Crippen LogP contribution in [0.4, 0.5) is 21.8 Å². The molecule has 2 saturated carbocycles. The zero-order valence-corrected chi connectivity index (χ0v) is 19.9. The van der Waals surface area contributed by atoms with Gasteiger partial charge in [-0.1, -0.05) is 0 Å². The first-order chi connectivity index (χ1) is 16.8. The molecule has 5 rings (SSSR count). The summed E-state index contributed by atoms with van der Waals surface area (Å²) >= 11 is 0. The first-order valence-corrected chi connectivity index (χ1v) is 11.9. The smallest absolute Gasteiger partial charge is 0.260 e. The molecule has 10 heteroatoms. The van der Waals surface area contributed by atoms with E-state index in [2.05, 4.69) is 32.0 Å². The highest BCUT2D eigenvalue weighted by molar-refractivity contribution is 5.88. The summed E-state index contributed by atoms with van der Waals surface area (Å²) in [7, 11) is 1.86. The number of alkyl halides is 1. The minimum Gasteiger partial charge on any atom is -0.352 e. The maximum Gasteiger partial charge on any atom is 0.260 e. The van der Waals surface area contributed by atoms with Crippen LogP contribution in [0.2, 0.25) is 0 Å². The van der Waals surface area contributed by atoms with Gasteiger partial charge in [0.15, 0.2) is 5.67 Å². The van der Waals surface area contributed by atoms with Crippen LogP contribution in [0, 0.1) is 28.6 Å². The highest BCUT2D eigenvalue weighted by Crippen LogP contribution is 2.48. The van der Waals surface area contributed by atoms with E-state index >= 15 is 0 Å². The Morgan fingerprint density at radius 1 is 1.23 bits per heavy atom. The van der Waals surface area contributed by atoms with Crippen LogP contribution in [-0.4, -0.2) is 64.2 Å². The maximum absolute atomic E-state index is 14.4. The fourth-order valence-corrected chi connectivity index (χ4v) is 5.03. The average molecular weight is 475 g/mol. The fraction of sp³-hybridized carbons (Fsp3) is 0.520. The van der Waals surface area contributed by atoms with Gasteiger partial charge in [-0.15, -0.1) is 0 Å². The molecule has 1 amide bonds. The standard InChI is InChI=1S/C25H27FN8O/c1-16-14-33(7-8-34(16)24(35)25(26)4-5-25)23-21(19-9-18(10-19)13-28)22(30-15-31-23)32(2)20-11-17(12-27)3-6-29-20/h3,6,11,15-16,18-19H,4-5,7-10,14H2,1-2H3.